The number of halogens is 2. The lowest BCUT2D eigenvalue weighted by Crippen LogP contribution is -2.39. The normalized spacial score (nSPS) is 16.9. The van der Waals surface area contributed by atoms with Crippen LogP contribution in [0.25, 0.3) is 5.69 Å². The first-order valence-electron chi connectivity index (χ1n) is 9.02. The molecule has 1 aliphatic rings. The Bertz CT molecular complexity index is 1060. The van der Waals surface area contributed by atoms with Crippen molar-refractivity contribution >= 4 is 5.91 Å². The van der Waals surface area contributed by atoms with Gasteiger partial charge in [0.15, 0.2) is 0 Å². The molecule has 2 aromatic carbocycles. The van der Waals surface area contributed by atoms with E-state index in [4.69, 9.17) is 0 Å². The summed E-state index contributed by atoms with van der Waals surface area (Å²) in [5.41, 5.74) is 0.0524. The molecule has 0 saturated carbocycles. The minimum absolute atomic E-state index is 0.0356. The average Bonchev–Trinajstić information content (AvgIpc) is 3.10. The molecule has 1 amide bonds. The van der Waals surface area contributed by atoms with E-state index in [1.807, 2.05) is 0 Å². The molecule has 2 heterocycles. The summed E-state index contributed by atoms with van der Waals surface area (Å²) in [5, 5.41) is 4.33. The highest BCUT2D eigenvalue weighted by molar-refractivity contribution is 5.94. The molecule has 144 valence electrons. The largest absolute Gasteiger partial charge is 0.348 e. The summed E-state index contributed by atoms with van der Waals surface area (Å²) in [6, 6.07) is 11.3. The zero-order valence-corrected chi connectivity index (χ0v) is 14.9. The highest BCUT2D eigenvalue weighted by Gasteiger charge is 2.29. The predicted molar refractivity (Wildman–Crippen MR) is 98.4 cm³/mol. The highest BCUT2D eigenvalue weighted by atomic mass is 19.1. The Labute approximate surface area is 159 Å². The van der Waals surface area contributed by atoms with Crippen LogP contribution in [-0.2, 0) is 0 Å². The van der Waals surface area contributed by atoms with Crippen LogP contribution < -0.4 is 5.69 Å². The van der Waals surface area contributed by atoms with E-state index in [-0.39, 0.29) is 17.4 Å². The Morgan fingerprint density at radius 2 is 1.86 bits per heavy atom. The first-order valence-corrected chi connectivity index (χ1v) is 9.02. The molecule has 4 rings (SSSR count). The molecule has 1 saturated heterocycles. The zero-order chi connectivity index (χ0) is 19.7. The van der Waals surface area contributed by atoms with E-state index in [1.165, 1.54) is 47.1 Å². The number of carbonyl (C=O) groups excluding carboxylic acids is 1. The molecule has 0 spiro atoms. The molecule has 1 N–H and O–H groups in total. The van der Waals surface area contributed by atoms with Gasteiger partial charge < -0.3 is 4.90 Å². The van der Waals surface area contributed by atoms with Gasteiger partial charge in [0.2, 0.25) is 0 Å². The highest BCUT2D eigenvalue weighted by Crippen LogP contribution is 2.25. The maximum Gasteiger partial charge on any atom is 0.348 e. The number of aromatic nitrogens is 3. The van der Waals surface area contributed by atoms with Gasteiger partial charge in [-0.3, -0.25) is 9.78 Å². The van der Waals surface area contributed by atoms with Gasteiger partial charge in [0.25, 0.3) is 5.91 Å². The summed E-state index contributed by atoms with van der Waals surface area (Å²) in [4.78, 5) is 29.3. The van der Waals surface area contributed by atoms with Gasteiger partial charge >= 0.3 is 5.69 Å². The molecular weight excluding hydrogens is 366 g/mol. The molecule has 6 nitrogen and oxygen atoms in total. The lowest BCUT2D eigenvalue weighted by Gasteiger charge is -2.31. The number of benzene rings is 2. The second kappa shape index (κ2) is 7.38. The number of aromatic amines is 1. The first-order chi connectivity index (χ1) is 13.5. The quantitative estimate of drug-likeness (QED) is 0.755. The number of nitrogens with zero attached hydrogens (tertiary/aromatic N) is 3. The minimum atomic E-state index is -0.552. The second-order valence-electron chi connectivity index (χ2n) is 6.77. The second-order valence-corrected chi connectivity index (χ2v) is 6.77. The first kappa shape index (κ1) is 18.1. The summed E-state index contributed by atoms with van der Waals surface area (Å²) in [6.07, 6.45) is 1.47. The van der Waals surface area contributed by atoms with Crippen LogP contribution in [0, 0.1) is 11.6 Å². The van der Waals surface area contributed by atoms with Gasteiger partial charge in [-0.25, -0.2) is 13.6 Å². The van der Waals surface area contributed by atoms with Crippen molar-refractivity contribution in [2.75, 3.05) is 13.1 Å². The third-order valence-corrected chi connectivity index (χ3v) is 4.91. The van der Waals surface area contributed by atoms with E-state index in [2.05, 4.69) is 10.1 Å². The summed E-state index contributed by atoms with van der Waals surface area (Å²) in [6.45, 7) is 0.857. The van der Waals surface area contributed by atoms with E-state index < -0.39 is 17.3 Å². The molecule has 28 heavy (non-hydrogen) atoms. The van der Waals surface area contributed by atoms with E-state index in [9.17, 15) is 18.4 Å². The topological polar surface area (TPSA) is 71.0 Å². The van der Waals surface area contributed by atoms with Gasteiger partial charge in [0.1, 0.15) is 17.5 Å². The molecule has 3 aromatic rings. The molecule has 1 aromatic heterocycles. The molecule has 0 bridgehead atoms. The number of hydrogen-bond donors (Lipinski definition) is 1. The van der Waals surface area contributed by atoms with Crippen molar-refractivity contribution in [1.29, 1.82) is 0 Å². The van der Waals surface area contributed by atoms with E-state index >= 15 is 0 Å². The molecule has 1 aliphatic heterocycles. The zero-order valence-electron chi connectivity index (χ0n) is 14.9. The van der Waals surface area contributed by atoms with E-state index in [0.717, 1.165) is 12.8 Å². The molecule has 8 heteroatoms. The molecule has 1 fully saturated rings. The van der Waals surface area contributed by atoms with Crippen molar-refractivity contribution in [3.63, 3.8) is 0 Å². The summed E-state index contributed by atoms with van der Waals surface area (Å²) in [5.74, 6) is -1.03. The fourth-order valence-electron chi connectivity index (χ4n) is 3.47. The SMILES string of the molecule is O=C(c1ccccc1F)N1CCCC(c2nn(-c3ccc(F)cc3)c(=O)[nH]2)C1. The lowest BCUT2D eigenvalue weighted by atomic mass is 9.96. The van der Waals surface area contributed by atoms with Gasteiger partial charge in [0.05, 0.1) is 11.3 Å². The van der Waals surface area contributed by atoms with Crippen molar-refractivity contribution in [2.24, 2.45) is 0 Å². The summed E-state index contributed by atoms with van der Waals surface area (Å²) < 4.78 is 28.2. The smallest absolute Gasteiger partial charge is 0.338 e. The lowest BCUT2D eigenvalue weighted by molar-refractivity contribution is 0.0700. The number of likely N-dealkylation sites (tertiary alicyclic amines) is 1. The maximum atomic E-state index is 14.0. The Balaban J connectivity index is 1.56. The number of hydrogen-bond acceptors (Lipinski definition) is 3. The number of amides is 1. The Morgan fingerprint density at radius 1 is 1.11 bits per heavy atom. The molecular formula is C20H18F2N4O2. The maximum absolute atomic E-state index is 14.0. The monoisotopic (exact) mass is 384 g/mol. The van der Waals surface area contributed by atoms with Crippen LogP contribution >= 0.6 is 0 Å². The molecule has 0 radical (unpaired) electrons. The van der Waals surface area contributed by atoms with Crippen LogP contribution in [0.1, 0.15) is 34.9 Å². The van der Waals surface area contributed by atoms with Crippen molar-refractivity contribution in [2.45, 2.75) is 18.8 Å². The number of H-pyrrole nitrogens is 1. The third-order valence-electron chi connectivity index (χ3n) is 4.91. The van der Waals surface area contributed by atoms with Crippen molar-refractivity contribution in [3.8, 4) is 5.69 Å². The van der Waals surface area contributed by atoms with Crippen LogP contribution in [0.3, 0.4) is 0 Å². The van der Waals surface area contributed by atoms with Crippen LogP contribution in [0.5, 0.6) is 0 Å². The van der Waals surface area contributed by atoms with Gasteiger partial charge in [-0.2, -0.15) is 4.68 Å². The Kier molecular flexibility index (Phi) is 4.77. The van der Waals surface area contributed by atoms with Crippen molar-refractivity contribution < 1.29 is 13.6 Å². The molecule has 1 atom stereocenters. The fourth-order valence-corrected chi connectivity index (χ4v) is 3.47. The Hall–Kier alpha value is -3.29. The predicted octanol–water partition coefficient (Wildman–Crippen LogP) is 2.86. The van der Waals surface area contributed by atoms with Crippen molar-refractivity contribution in [3.05, 3.63) is 82.0 Å². The van der Waals surface area contributed by atoms with Gasteiger partial charge in [-0.1, -0.05) is 12.1 Å². The van der Waals surface area contributed by atoms with Gasteiger partial charge in [-0.15, -0.1) is 5.10 Å². The number of piperidine rings is 1. The third kappa shape index (κ3) is 3.45. The van der Waals surface area contributed by atoms with Crippen LogP contribution in [0.4, 0.5) is 8.78 Å². The Morgan fingerprint density at radius 3 is 2.61 bits per heavy atom. The fraction of sp³-hybridized carbons (Fsp3) is 0.250. The van der Waals surface area contributed by atoms with Crippen LogP contribution in [0.15, 0.2) is 53.3 Å². The van der Waals surface area contributed by atoms with Crippen LogP contribution in [-0.4, -0.2) is 38.7 Å². The van der Waals surface area contributed by atoms with E-state index in [1.54, 1.807) is 11.0 Å². The number of nitrogens with one attached hydrogen (secondary N) is 1. The molecule has 0 aliphatic carbocycles. The molecule has 1 unspecified atom stereocenters. The summed E-state index contributed by atoms with van der Waals surface area (Å²) >= 11 is 0. The van der Waals surface area contributed by atoms with E-state index in [0.29, 0.717) is 24.6 Å². The number of rotatable bonds is 3. The number of carbonyl (C=O) groups is 1. The average molecular weight is 384 g/mol. The standard InChI is InChI=1S/C20H18F2N4O2/c21-14-7-9-15(10-8-14)26-20(28)23-18(24-26)13-4-3-11-25(12-13)19(27)16-5-1-2-6-17(16)22/h1-2,5-10,13H,3-4,11-12H2,(H,23,24,28). The van der Waals surface area contributed by atoms with Crippen molar-refractivity contribution in [1.82, 2.24) is 19.7 Å². The van der Waals surface area contributed by atoms with Gasteiger partial charge in [0, 0.05) is 19.0 Å². The minimum Gasteiger partial charge on any atom is -0.338 e. The summed E-state index contributed by atoms with van der Waals surface area (Å²) in [7, 11) is 0. The van der Waals surface area contributed by atoms with Gasteiger partial charge in [-0.05, 0) is 49.2 Å². The van der Waals surface area contributed by atoms with Crippen LogP contribution in [0.2, 0.25) is 0 Å².